The Morgan fingerprint density at radius 1 is 2.00 bits per heavy atom. The fourth-order valence-corrected chi connectivity index (χ4v) is 0.378. The van der Waals surface area contributed by atoms with E-state index >= 15 is 0 Å². The van der Waals surface area contributed by atoms with Gasteiger partial charge in [0.05, 0.1) is 6.54 Å². The van der Waals surface area contributed by atoms with Gasteiger partial charge in [-0.05, 0) is 0 Å². The second-order valence-electron chi connectivity index (χ2n) is 1.24. The molecule has 0 aromatic rings. The lowest BCUT2D eigenvalue weighted by Gasteiger charge is -1.92. The summed E-state index contributed by atoms with van der Waals surface area (Å²) < 4.78 is 4.17. The number of hydrogen-bond donors (Lipinski definition) is 2. The molecular formula is C3H5NO3. The fourth-order valence-electron chi connectivity index (χ4n) is 0.378. The van der Waals surface area contributed by atoms with Crippen molar-refractivity contribution in [2.75, 3.05) is 6.54 Å². The first-order valence-electron chi connectivity index (χ1n) is 1.91. The van der Waals surface area contributed by atoms with Gasteiger partial charge in [-0.1, -0.05) is 0 Å². The molecule has 4 nitrogen and oxygen atoms in total. The van der Waals surface area contributed by atoms with E-state index in [2.05, 4.69) is 10.1 Å². The van der Waals surface area contributed by atoms with Crippen molar-refractivity contribution >= 4 is 6.09 Å². The van der Waals surface area contributed by atoms with Crippen LogP contribution < -0.4 is 5.32 Å². The van der Waals surface area contributed by atoms with Gasteiger partial charge in [-0.15, -0.1) is 0 Å². The van der Waals surface area contributed by atoms with Crippen LogP contribution in [0, 0.1) is 0 Å². The fraction of sp³-hybridized carbons (Fsp3) is 0.667. The molecule has 0 aromatic heterocycles. The zero-order chi connectivity index (χ0) is 5.28. The minimum Gasteiger partial charge on any atom is -0.418 e. The number of aliphatic hydroxyl groups is 1. The molecule has 1 amide bonds. The predicted octanol–water partition coefficient (Wildman–Crippen LogP) is -0.955. The van der Waals surface area contributed by atoms with Crippen LogP contribution >= 0.6 is 0 Å². The standard InChI is InChI=1S/C3H5NO3/c5-2-1-4-3(6)7-2/h2,5H,1H2,(H,4,6). The number of rotatable bonds is 0. The van der Waals surface area contributed by atoms with Gasteiger partial charge in [-0.2, -0.15) is 0 Å². The lowest BCUT2D eigenvalue weighted by molar-refractivity contribution is -0.0149. The van der Waals surface area contributed by atoms with Gasteiger partial charge < -0.3 is 15.2 Å². The van der Waals surface area contributed by atoms with Crippen LogP contribution in [-0.4, -0.2) is 24.0 Å². The molecule has 0 spiro atoms. The molecular weight excluding hydrogens is 98.0 g/mol. The van der Waals surface area contributed by atoms with E-state index in [1.807, 2.05) is 0 Å². The smallest absolute Gasteiger partial charge is 0.409 e. The molecule has 0 bridgehead atoms. The molecule has 0 aromatic carbocycles. The Labute approximate surface area is 40.1 Å². The zero-order valence-electron chi connectivity index (χ0n) is 3.55. The van der Waals surface area contributed by atoms with Crippen molar-refractivity contribution in [1.29, 1.82) is 0 Å². The van der Waals surface area contributed by atoms with E-state index in [0.29, 0.717) is 0 Å². The van der Waals surface area contributed by atoms with Crippen LogP contribution in [-0.2, 0) is 4.74 Å². The molecule has 0 saturated carbocycles. The molecule has 7 heavy (non-hydrogen) atoms. The van der Waals surface area contributed by atoms with Gasteiger partial charge in [0.25, 0.3) is 0 Å². The van der Waals surface area contributed by atoms with Crippen LogP contribution in [0.3, 0.4) is 0 Å². The summed E-state index contributed by atoms with van der Waals surface area (Å²) in [7, 11) is 0. The van der Waals surface area contributed by atoms with Crippen molar-refractivity contribution in [1.82, 2.24) is 5.32 Å². The SMILES string of the molecule is O=C1NCC(O)O1. The summed E-state index contributed by atoms with van der Waals surface area (Å²) in [5, 5.41) is 10.7. The van der Waals surface area contributed by atoms with Crippen LogP contribution in [0.15, 0.2) is 0 Å². The van der Waals surface area contributed by atoms with E-state index in [0.717, 1.165) is 0 Å². The maximum atomic E-state index is 9.96. The molecule has 40 valence electrons. The normalized spacial score (nSPS) is 29.3. The minimum absolute atomic E-state index is 0.207. The van der Waals surface area contributed by atoms with E-state index in [4.69, 9.17) is 5.11 Å². The number of aliphatic hydroxyl groups excluding tert-OH is 1. The number of β-amino-alcohol motifs (C(OH)–C–C–N with tert-alkyl or cyclic N) is 1. The maximum absolute atomic E-state index is 9.96. The van der Waals surface area contributed by atoms with Crippen LogP contribution in [0.1, 0.15) is 0 Å². The molecule has 1 rings (SSSR count). The van der Waals surface area contributed by atoms with Crippen molar-refractivity contribution in [3.05, 3.63) is 0 Å². The lowest BCUT2D eigenvalue weighted by atomic mass is 10.7. The van der Waals surface area contributed by atoms with Gasteiger partial charge in [0.15, 0.2) is 0 Å². The van der Waals surface area contributed by atoms with Crippen molar-refractivity contribution < 1.29 is 14.6 Å². The van der Waals surface area contributed by atoms with Crippen LogP contribution in [0.25, 0.3) is 0 Å². The molecule has 0 radical (unpaired) electrons. The highest BCUT2D eigenvalue weighted by Crippen LogP contribution is 1.92. The quantitative estimate of drug-likeness (QED) is 0.415. The predicted molar refractivity (Wildman–Crippen MR) is 20.5 cm³/mol. The largest absolute Gasteiger partial charge is 0.418 e. The summed E-state index contributed by atoms with van der Waals surface area (Å²) in [5.41, 5.74) is 0. The number of amides is 1. The van der Waals surface area contributed by atoms with E-state index in [1.165, 1.54) is 0 Å². The Hall–Kier alpha value is -0.770. The monoisotopic (exact) mass is 103 g/mol. The Balaban J connectivity index is 2.40. The summed E-state index contributed by atoms with van der Waals surface area (Å²) in [6.45, 7) is 0.207. The number of alkyl carbamates (subject to hydrolysis) is 1. The van der Waals surface area contributed by atoms with Gasteiger partial charge in [0.2, 0.25) is 6.29 Å². The van der Waals surface area contributed by atoms with Gasteiger partial charge >= 0.3 is 6.09 Å². The van der Waals surface area contributed by atoms with E-state index in [9.17, 15) is 4.79 Å². The number of nitrogens with one attached hydrogen (secondary N) is 1. The van der Waals surface area contributed by atoms with Crippen molar-refractivity contribution in [2.24, 2.45) is 0 Å². The summed E-state index contributed by atoms with van der Waals surface area (Å²) in [5.74, 6) is 0. The molecule has 1 heterocycles. The first-order valence-corrected chi connectivity index (χ1v) is 1.91. The van der Waals surface area contributed by atoms with E-state index in [-0.39, 0.29) is 6.54 Å². The molecule has 1 aliphatic heterocycles. The number of ether oxygens (including phenoxy) is 1. The Morgan fingerprint density at radius 2 is 2.71 bits per heavy atom. The molecule has 1 aliphatic rings. The van der Waals surface area contributed by atoms with Gasteiger partial charge in [-0.3, -0.25) is 0 Å². The molecule has 2 N–H and O–H groups in total. The second-order valence-corrected chi connectivity index (χ2v) is 1.24. The Bertz CT molecular complexity index is 92.2. The number of cyclic esters (lactones) is 1. The van der Waals surface area contributed by atoms with E-state index in [1.54, 1.807) is 0 Å². The zero-order valence-corrected chi connectivity index (χ0v) is 3.55. The third kappa shape index (κ3) is 0.806. The molecule has 0 aliphatic carbocycles. The van der Waals surface area contributed by atoms with Gasteiger partial charge in [-0.25, -0.2) is 4.79 Å². The molecule has 1 atom stereocenters. The summed E-state index contributed by atoms with van der Waals surface area (Å²) in [6.07, 6.45) is -1.49. The highest BCUT2D eigenvalue weighted by molar-refractivity contribution is 5.68. The molecule has 1 fully saturated rings. The third-order valence-electron chi connectivity index (χ3n) is 0.664. The first kappa shape index (κ1) is 4.39. The number of hydrogen-bond acceptors (Lipinski definition) is 3. The molecule has 1 saturated heterocycles. The lowest BCUT2D eigenvalue weighted by Crippen LogP contribution is -2.13. The average Bonchev–Trinajstić information content (AvgIpc) is 1.87. The third-order valence-corrected chi connectivity index (χ3v) is 0.664. The highest BCUT2D eigenvalue weighted by Gasteiger charge is 2.18. The Morgan fingerprint density at radius 3 is 2.86 bits per heavy atom. The van der Waals surface area contributed by atoms with E-state index < -0.39 is 12.4 Å². The van der Waals surface area contributed by atoms with Crippen molar-refractivity contribution in [3.63, 3.8) is 0 Å². The highest BCUT2D eigenvalue weighted by atomic mass is 16.7. The maximum Gasteiger partial charge on any atom is 0.409 e. The van der Waals surface area contributed by atoms with Crippen molar-refractivity contribution in [2.45, 2.75) is 6.29 Å². The second kappa shape index (κ2) is 1.38. The molecule has 1 unspecified atom stereocenters. The summed E-state index contributed by atoms with van der Waals surface area (Å²) in [4.78, 5) is 9.96. The van der Waals surface area contributed by atoms with Gasteiger partial charge in [0, 0.05) is 0 Å². The topological polar surface area (TPSA) is 58.6 Å². The van der Waals surface area contributed by atoms with Crippen molar-refractivity contribution in [3.8, 4) is 0 Å². The van der Waals surface area contributed by atoms with Crippen LogP contribution in [0.2, 0.25) is 0 Å². The van der Waals surface area contributed by atoms with Crippen LogP contribution in [0.5, 0.6) is 0 Å². The number of carbonyl (C=O) groups excluding carboxylic acids is 1. The van der Waals surface area contributed by atoms with Crippen LogP contribution in [0.4, 0.5) is 4.79 Å². The first-order chi connectivity index (χ1) is 3.29. The minimum atomic E-state index is -0.938. The molecule has 4 heteroatoms. The summed E-state index contributed by atoms with van der Waals surface area (Å²) in [6, 6.07) is 0. The average molecular weight is 103 g/mol. The van der Waals surface area contributed by atoms with Gasteiger partial charge in [0.1, 0.15) is 0 Å². The number of carbonyl (C=O) groups is 1. The summed E-state index contributed by atoms with van der Waals surface area (Å²) >= 11 is 0. The Kier molecular flexibility index (Phi) is 0.867.